The fourth-order valence-corrected chi connectivity index (χ4v) is 5.18. The number of carbonyl (C=O) groups excluding carboxylic acids is 1. The van der Waals surface area contributed by atoms with Crippen LogP contribution in [0.2, 0.25) is 0 Å². The van der Waals surface area contributed by atoms with Gasteiger partial charge >= 0.3 is 5.97 Å². The molecule has 1 aliphatic heterocycles. The number of esters is 1. The van der Waals surface area contributed by atoms with E-state index in [1.807, 2.05) is 24.3 Å². The minimum Gasteiger partial charge on any atom is -0.494 e. The highest BCUT2D eigenvalue weighted by Gasteiger charge is 2.23. The van der Waals surface area contributed by atoms with Gasteiger partial charge in [0.2, 0.25) is 0 Å². The van der Waals surface area contributed by atoms with Gasteiger partial charge in [-0.2, -0.15) is 0 Å². The van der Waals surface area contributed by atoms with Crippen LogP contribution in [-0.4, -0.2) is 25.8 Å². The number of benzene rings is 2. The van der Waals surface area contributed by atoms with E-state index in [2.05, 4.69) is 20.8 Å². The highest BCUT2D eigenvalue weighted by atomic mass is 16.7. The molecule has 3 rings (SSSR count). The van der Waals surface area contributed by atoms with Crippen LogP contribution in [0.15, 0.2) is 48.5 Å². The van der Waals surface area contributed by atoms with Crippen LogP contribution >= 0.6 is 0 Å². The lowest BCUT2D eigenvalue weighted by Crippen LogP contribution is -2.27. The van der Waals surface area contributed by atoms with E-state index in [1.54, 1.807) is 24.3 Å². The molecule has 0 N–H and O–H groups in total. The fraction of sp³-hybridized carbons (Fsp3) is 0.639. The summed E-state index contributed by atoms with van der Waals surface area (Å²) in [5.74, 6) is 2.19. The zero-order valence-electron chi connectivity index (χ0n) is 25.9. The molecule has 1 aliphatic rings. The molecule has 0 bridgehead atoms. The molecule has 0 aromatic heterocycles. The van der Waals surface area contributed by atoms with Crippen molar-refractivity contribution in [1.29, 1.82) is 0 Å². The van der Waals surface area contributed by atoms with Gasteiger partial charge in [0.25, 0.3) is 0 Å². The van der Waals surface area contributed by atoms with Gasteiger partial charge in [-0.3, -0.25) is 0 Å². The Hall–Kier alpha value is -2.37. The second-order valence-electron chi connectivity index (χ2n) is 11.8. The molecule has 0 amide bonds. The van der Waals surface area contributed by atoms with Gasteiger partial charge in [0.1, 0.15) is 11.5 Å². The minimum absolute atomic E-state index is 0.373. The lowest BCUT2D eigenvalue weighted by atomic mass is 10.0. The van der Waals surface area contributed by atoms with E-state index in [-0.39, 0.29) is 12.3 Å². The summed E-state index contributed by atoms with van der Waals surface area (Å²) in [5.41, 5.74) is 1.42. The van der Waals surface area contributed by atoms with Crippen molar-refractivity contribution in [3.05, 3.63) is 59.7 Å². The Bertz CT molecular complexity index is 947. The second kappa shape index (κ2) is 19.7. The molecule has 0 radical (unpaired) electrons. The standard InChI is InChI=1S/C36H54O5/c1-4-6-7-8-9-10-11-14-17-30-27-39-36(40-28-30)32-20-18-31(19-21-32)35(37)41-34-24-22-33(23-25-34)38-26-15-12-13-16-29(3)5-2/h18-25,29-30,36H,4-17,26-28H2,1-3H3/t29-,30-,36-/m0/s1. The van der Waals surface area contributed by atoms with E-state index in [1.165, 1.54) is 77.0 Å². The van der Waals surface area contributed by atoms with E-state index >= 15 is 0 Å². The van der Waals surface area contributed by atoms with Crippen LogP contribution in [0.3, 0.4) is 0 Å². The summed E-state index contributed by atoms with van der Waals surface area (Å²) in [4.78, 5) is 12.7. The largest absolute Gasteiger partial charge is 0.494 e. The van der Waals surface area contributed by atoms with E-state index in [9.17, 15) is 4.79 Å². The van der Waals surface area contributed by atoms with Crippen LogP contribution in [0.25, 0.3) is 0 Å². The SMILES string of the molecule is CCCCCCCCCC[C@H]1CO[C@H](c2ccc(C(=O)Oc3ccc(OCCCCC[C@@H](C)CC)cc3)cc2)OC1. The van der Waals surface area contributed by atoms with Gasteiger partial charge < -0.3 is 18.9 Å². The molecule has 41 heavy (non-hydrogen) atoms. The van der Waals surface area contributed by atoms with Gasteiger partial charge in [0.05, 0.1) is 25.4 Å². The average molecular weight is 567 g/mol. The van der Waals surface area contributed by atoms with Crippen molar-refractivity contribution in [3.63, 3.8) is 0 Å². The third kappa shape index (κ3) is 13.0. The molecule has 1 saturated heterocycles. The first-order valence-electron chi connectivity index (χ1n) is 16.4. The predicted molar refractivity (Wildman–Crippen MR) is 167 cm³/mol. The van der Waals surface area contributed by atoms with Crippen LogP contribution in [0.4, 0.5) is 0 Å². The molecule has 0 saturated carbocycles. The average Bonchev–Trinajstić information content (AvgIpc) is 3.01. The van der Waals surface area contributed by atoms with Crippen LogP contribution in [-0.2, 0) is 9.47 Å². The minimum atomic E-state index is -0.387. The Kier molecular flexibility index (Phi) is 15.9. The quantitative estimate of drug-likeness (QED) is 0.0906. The molecule has 1 fully saturated rings. The maximum atomic E-state index is 12.7. The van der Waals surface area contributed by atoms with E-state index in [0.29, 0.717) is 23.8 Å². The van der Waals surface area contributed by atoms with Crippen molar-refractivity contribution in [1.82, 2.24) is 0 Å². The Labute approximate surface area is 249 Å². The van der Waals surface area contributed by atoms with E-state index in [0.717, 1.165) is 43.3 Å². The Morgan fingerprint density at radius 3 is 2.05 bits per heavy atom. The molecule has 5 nitrogen and oxygen atoms in total. The molecule has 1 heterocycles. The van der Waals surface area contributed by atoms with Crippen molar-refractivity contribution in [2.45, 2.75) is 117 Å². The predicted octanol–water partition coefficient (Wildman–Crippen LogP) is 10.1. The molecule has 2 aromatic rings. The summed E-state index contributed by atoms with van der Waals surface area (Å²) < 4.78 is 23.4. The second-order valence-corrected chi connectivity index (χ2v) is 11.8. The van der Waals surface area contributed by atoms with Gasteiger partial charge in [-0.1, -0.05) is 110 Å². The highest BCUT2D eigenvalue weighted by molar-refractivity contribution is 5.91. The van der Waals surface area contributed by atoms with Crippen molar-refractivity contribution in [2.24, 2.45) is 11.8 Å². The highest BCUT2D eigenvalue weighted by Crippen LogP contribution is 2.28. The van der Waals surface area contributed by atoms with Gasteiger partial charge in [0, 0.05) is 11.5 Å². The van der Waals surface area contributed by atoms with Crippen molar-refractivity contribution < 1.29 is 23.7 Å². The zero-order valence-corrected chi connectivity index (χ0v) is 25.9. The van der Waals surface area contributed by atoms with Crippen LogP contribution in [0.1, 0.15) is 133 Å². The summed E-state index contributed by atoms with van der Waals surface area (Å²) >= 11 is 0. The molecule has 0 unspecified atom stereocenters. The van der Waals surface area contributed by atoms with Crippen LogP contribution in [0, 0.1) is 11.8 Å². The van der Waals surface area contributed by atoms with Gasteiger partial charge in [-0.15, -0.1) is 0 Å². The molecule has 0 spiro atoms. The van der Waals surface area contributed by atoms with Crippen molar-refractivity contribution >= 4 is 5.97 Å². The first-order chi connectivity index (χ1) is 20.1. The molecule has 228 valence electrons. The molecular formula is C36H54O5. The van der Waals surface area contributed by atoms with E-state index < -0.39 is 0 Å². The number of ether oxygens (including phenoxy) is 4. The van der Waals surface area contributed by atoms with Crippen LogP contribution in [0.5, 0.6) is 11.5 Å². The van der Waals surface area contributed by atoms with Gasteiger partial charge in [-0.25, -0.2) is 4.79 Å². The third-order valence-corrected chi connectivity index (χ3v) is 8.19. The lowest BCUT2D eigenvalue weighted by Gasteiger charge is -2.29. The van der Waals surface area contributed by atoms with Crippen LogP contribution < -0.4 is 9.47 Å². The Morgan fingerprint density at radius 2 is 1.39 bits per heavy atom. The lowest BCUT2D eigenvalue weighted by molar-refractivity contribution is -0.206. The number of carbonyl (C=O) groups is 1. The monoisotopic (exact) mass is 566 g/mol. The Morgan fingerprint density at radius 1 is 0.780 bits per heavy atom. The first kappa shape index (κ1) is 33.1. The third-order valence-electron chi connectivity index (χ3n) is 8.19. The number of rotatable bonds is 20. The first-order valence-corrected chi connectivity index (χ1v) is 16.4. The number of hydrogen-bond donors (Lipinski definition) is 0. The van der Waals surface area contributed by atoms with Crippen molar-refractivity contribution in [2.75, 3.05) is 19.8 Å². The topological polar surface area (TPSA) is 54.0 Å². The molecule has 1 atom stereocenters. The molecule has 2 aromatic carbocycles. The maximum Gasteiger partial charge on any atom is 0.343 e. The fourth-order valence-electron chi connectivity index (χ4n) is 5.18. The molecular weight excluding hydrogens is 512 g/mol. The summed E-state index contributed by atoms with van der Waals surface area (Å²) in [6.07, 6.45) is 17.5. The maximum absolute atomic E-state index is 12.7. The normalized spacial score (nSPS) is 17.7. The summed E-state index contributed by atoms with van der Waals surface area (Å²) in [6, 6.07) is 14.6. The summed E-state index contributed by atoms with van der Waals surface area (Å²) in [5, 5.41) is 0. The number of unbranched alkanes of at least 4 members (excludes halogenated alkanes) is 9. The summed E-state index contributed by atoms with van der Waals surface area (Å²) in [7, 11) is 0. The molecule has 5 heteroatoms. The Balaban J connectivity index is 1.30. The summed E-state index contributed by atoms with van der Waals surface area (Å²) in [6.45, 7) is 8.99. The van der Waals surface area contributed by atoms with E-state index in [4.69, 9.17) is 18.9 Å². The zero-order chi connectivity index (χ0) is 29.1. The number of hydrogen-bond acceptors (Lipinski definition) is 5. The van der Waals surface area contributed by atoms with Crippen molar-refractivity contribution in [3.8, 4) is 11.5 Å². The van der Waals surface area contributed by atoms with Gasteiger partial charge in [0.15, 0.2) is 6.29 Å². The van der Waals surface area contributed by atoms with Gasteiger partial charge in [-0.05, 0) is 55.2 Å². The smallest absolute Gasteiger partial charge is 0.343 e. The molecule has 0 aliphatic carbocycles.